The van der Waals surface area contributed by atoms with E-state index in [0.717, 1.165) is 10.9 Å². The molecule has 0 saturated carbocycles. The van der Waals surface area contributed by atoms with E-state index in [1.165, 1.54) is 0 Å². The zero-order valence-corrected chi connectivity index (χ0v) is 10.6. The van der Waals surface area contributed by atoms with Crippen LogP contribution >= 0.6 is 0 Å². The third-order valence-electron chi connectivity index (χ3n) is 2.59. The predicted molar refractivity (Wildman–Crippen MR) is 70.6 cm³/mol. The molecule has 0 spiro atoms. The molecule has 0 bridgehead atoms. The zero-order chi connectivity index (χ0) is 13.7. The molecule has 0 fully saturated rings. The summed E-state index contributed by atoms with van der Waals surface area (Å²) in [5, 5.41) is 17.8. The molecule has 6 heteroatoms. The summed E-state index contributed by atoms with van der Waals surface area (Å²) in [5.41, 5.74) is 1.02. The van der Waals surface area contributed by atoms with Crippen LogP contribution in [0, 0.1) is 0 Å². The third kappa shape index (κ3) is 3.17. The Bertz CT molecular complexity index is 604. The number of aromatic nitrogens is 1. The Kier molecular flexibility index (Phi) is 4.25. The molecular formula is C13H15N3O3. The number of aromatic amines is 1. The molecule has 1 aromatic carbocycles. The van der Waals surface area contributed by atoms with E-state index in [4.69, 9.17) is 4.74 Å². The summed E-state index contributed by atoms with van der Waals surface area (Å²) in [4.78, 5) is 14.2. The summed E-state index contributed by atoms with van der Waals surface area (Å²) in [6, 6.07) is 7.27. The fourth-order valence-corrected chi connectivity index (χ4v) is 1.67. The maximum Gasteiger partial charge on any atom is 0.267 e. The molecule has 0 saturated heterocycles. The molecule has 1 heterocycles. The van der Waals surface area contributed by atoms with Crippen LogP contribution in [0.4, 0.5) is 5.69 Å². The Morgan fingerprint density at radius 2 is 2.21 bits per heavy atom. The lowest BCUT2D eigenvalue weighted by atomic mass is 10.2. The monoisotopic (exact) mass is 261 g/mol. The van der Waals surface area contributed by atoms with Crippen molar-refractivity contribution in [1.82, 2.24) is 4.98 Å². The summed E-state index contributed by atoms with van der Waals surface area (Å²) in [6.45, 7) is 2.75. The van der Waals surface area contributed by atoms with Crippen LogP contribution in [-0.2, 0) is 9.53 Å². The Morgan fingerprint density at radius 1 is 1.42 bits per heavy atom. The quantitative estimate of drug-likeness (QED) is 0.640. The molecule has 0 aliphatic heterocycles. The van der Waals surface area contributed by atoms with Gasteiger partial charge in [0.1, 0.15) is 0 Å². The van der Waals surface area contributed by atoms with Gasteiger partial charge in [-0.2, -0.15) is 0 Å². The summed E-state index contributed by atoms with van der Waals surface area (Å²) in [6.07, 6.45) is 0.181. The van der Waals surface area contributed by atoms with Crippen LogP contribution in [0.5, 0.6) is 5.88 Å². The van der Waals surface area contributed by atoms with Crippen LogP contribution in [0.3, 0.4) is 0 Å². The van der Waals surface area contributed by atoms with Crippen molar-refractivity contribution in [3.05, 3.63) is 24.3 Å². The Hall–Kier alpha value is -2.21. The van der Waals surface area contributed by atoms with Gasteiger partial charge in [-0.25, -0.2) is 0 Å². The van der Waals surface area contributed by atoms with Crippen LogP contribution in [0.2, 0.25) is 0 Å². The van der Waals surface area contributed by atoms with Gasteiger partial charge in [0.25, 0.3) is 5.91 Å². The molecule has 2 N–H and O–H groups in total. The number of hydrogen-bond donors (Lipinski definition) is 2. The van der Waals surface area contributed by atoms with Gasteiger partial charge in [-0.15, -0.1) is 10.2 Å². The van der Waals surface area contributed by atoms with Gasteiger partial charge in [-0.05, 0) is 13.0 Å². The maximum atomic E-state index is 11.4. The highest BCUT2D eigenvalue weighted by atomic mass is 16.5. The van der Waals surface area contributed by atoms with E-state index >= 15 is 0 Å². The fraction of sp³-hybridized carbons (Fsp3) is 0.308. The molecule has 0 aliphatic rings. The van der Waals surface area contributed by atoms with Crippen molar-refractivity contribution < 1.29 is 14.6 Å². The van der Waals surface area contributed by atoms with Crippen LogP contribution in [0.25, 0.3) is 10.9 Å². The minimum absolute atomic E-state index is 0.0949. The number of H-pyrrole nitrogens is 1. The van der Waals surface area contributed by atoms with Crippen molar-refractivity contribution in [2.45, 2.75) is 13.3 Å². The SMILES string of the molecule is CCOCCC(=O)N=Nc1c(O)[nH]c2ccccc12. The van der Waals surface area contributed by atoms with Crippen molar-refractivity contribution in [2.75, 3.05) is 13.2 Å². The van der Waals surface area contributed by atoms with Crippen LogP contribution < -0.4 is 0 Å². The van der Waals surface area contributed by atoms with E-state index < -0.39 is 0 Å². The van der Waals surface area contributed by atoms with Gasteiger partial charge in [0, 0.05) is 12.0 Å². The van der Waals surface area contributed by atoms with Crippen LogP contribution in [-0.4, -0.2) is 29.2 Å². The highest BCUT2D eigenvalue weighted by molar-refractivity contribution is 5.94. The van der Waals surface area contributed by atoms with E-state index in [-0.39, 0.29) is 23.9 Å². The van der Waals surface area contributed by atoms with Crippen LogP contribution in [0.15, 0.2) is 34.5 Å². The molecule has 2 rings (SSSR count). The van der Waals surface area contributed by atoms with Gasteiger partial charge >= 0.3 is 0 Å². The highest BCUT2D eigenvalue weighted by Crippen LogP contribution is 2.35. The second-order valence-electron chi connectivity index (χ2n) is 3.91. The largest absolute Gasteiger partial charge is 0.493 e. The van der Waals surface area contributed by atoms with Crippen molar-refractivity contribution >= 4 is 22.5 Å². The predicted octanol–water partition coefficient (Wildman–Crippen LogP) is 2.91. The second kappa shape index (κ2) is 6.10. The minimum atomic E-state index is -0.377. The lowest BCUT2D eigenvalue weighted by Gasteiger charge is -1.95. The van der Waals surface area contributed by atoms with Gasteiger partial charge in [0.05, 0.1) is 18.5 Å². The summed E-state index contributed by atoms with van der Waals surface area (Å²) in [7, 11) is 0. The number of azo groups is 1. The average molecular weight is 261 g/mol. The second-order valence-corrected chi connectivity index (χ2v) is 3.91. The van der Waals surface area contributed by atoms with Gasteiger partial charge < -0.3 is 14.8 Å². The van der Waals surface area contributed by atoms with E-state index in [1.54, 1.807) is 6.07 Å². The first-order valence-electron chi connectivity index (χ1n) is 6.04. The number of para-hydroxylation sites is 1. The number of carbonyl (C=O) groups excluding carboxylic acids is 1. The first kappa shape index (κ1) is 13.2. The molecule has 1 aromatic heterocycles. The number of fused-ring (bicyclic) bond motifs is 1. The minimum Gasteiger partial charge on any atom is -0.493 e. The molecule has 0 atom stereocenters. The Balaban J connectivity index is 2.12. The molecule has 0 aliphatic carbocycles. The number of nitrogens with zero attached hydrogens (tertiary/aromatic N) is 2. The molecule has 100 valence electrons. The first-order chi connectivity index (χ1) is 9.22. The summed E-state index contributed by atoms with van der Waals surface area (Å²) >= 11 is 0. The third-order valence-corrected chi connectivity index (χ3v) is 2.59. The lowest BCUT2D eigenvalue weighted by molar-refractivity contribution is -0.119. The van der Waals surface area contributed by atoms with E-state index in [9.17, 15) is 9.90 Å². The number of hydrogen-bond acceptors (Lipinski definition) is 4. The normalized spacial score (nSPS) is 11.4. The van der Waals surface area contributed by atoms with E-state index in [2.05, 4.69) is 15.2 Å². The van der Waals surface area contributed by atoms with Crippen molar-refractivity contribution in [2.24, 2.45) is 10.2 Å². The first-order valence-corrected chi connectivity index (χ1v) is 6.04. The molecule has 1 amide bonds. The number of ether oxygens (including phenoxy) is 1. The van der Waals surface area contributed by atoms with E-state index in [0.29, 0.717) is 13.2 Å². The average Bonchev–Trinajstić information content (AvgIpc) is 2.72. The Labute approximate surface area is 110 Å². The Morgan fingerprint density at radius 3 is 3.00 bits per heavy atom. The fourth-order valence-electron chi connectivity index (χ4n) is 1.67. The molecule has 2 aromatic rings. The molecule has 0 radical (unpaired) electrons. The number of rotatable bonds is 5. The lowest BCUT2D eigenvalue weighted by Crippen LogP contribution is -2.00. The van der Waals surface area contributed by atoms with Crippen molar-refractivity contribution in [1.29, 1.82) is 0 Å². The van der Waals surface area contributed by atoms with Gasteiger partial charge in [0.2, 0.25) is 5.88 Å². The van der Waals surface area contributed by atoms with E-state index in [1.807, 2.05) is 25.1 Å². The number of benzene rings is 1. The van der Waals surface area contributed by atoms with Gasteiger partial charge in [0.15, 0.2) is 5.69 Å². The topological polar surface area (TPSA) is 87.0 Å². The van der Waals surface area contributed by atoms with Crippen molar-refractivity contribution in [3.8, 4) is 5.88 Å². The smallest absolute Gasteiger partial charge is 0.267 e. The van der Waals surface area contributed by atoms with Gasteiger partial charge in [-0.1, -0.05) is 18.2 Å². The molecule has 19 heavy (non-hydrogen) atoms. The number of nitrogens with one attached hydrogen (secondary N) is 1. The standard InChI is InChI=1S/C13H15N3O3/c1-2-19-8-7-11(17)15-16-12-9-5-3-4-6-10(9)14-13(12)18/h3-6,14,18H,2,7-8H2,1H3. The molecule has 0 unspecified atom stereocenters. The summed E-state index contributed by atoms with van der Waals surface area (Å²) in [5.74, 6) is -0.472. The van der Waals surface area contributed by atoms with Crippen LogP contribution in [0.1, 0.15) is 13.3 Å². The molecular weight excluding hydrogens is 246 g/mol. The highest BCUT2D eigenvalue weighted by Gasteiger charge is 2.10. The van der Waals surface area contributed by atoms with Crippen molar-refractivity contribution in [3.63, 3.8) is 0 Å². The number of amides is 1. The van der Waals surface area contributed by atoms with Gasteiger partial charge in [-0.3, -0.25) is 4.79 Å². The maximum absolute atomic E-state index is 11.4. The number of aromatic hydroxyl groups is 1. The zero-order valence-electron chi connectivity index (χ0n) is 10.6. The molecule has 6 nitrogen and oxygen atoms in total. The summed E-state index contributed by atoms with van der Waals surface area (Å²) < 4.78 is 5.06. The number of carbonyl (C=O) groups is 1.